The largest absolute Gasteiger partial charge is 0.497 e. The lowest BCUT2D eigenvalue weighted by Crippen LogP contribution is -2.31. The van der Waals surface area contributed by atoms with E-state index >= 15 is 0 Å². The minimum atomic E-state index is -0.149. The second kappa shape index (κ2) is 9.79. The quantitative estimate of drug-likeness (QED) is 0.434. The smallest absolute Gasteiger partial charge is 0.274 e. The van der Waals surface area contributed by atoms with Crippen molar-refractivity contribution in [3.05, 3.63) is 101 Å². The van der Waals surface area contributed by atoms with Gasteiger partial charge >= 0.3 is 0 Å². The van der Waals surface area contributed by atoms with E-state index in [1.807, 2.05) is 55.5 Å². The summed E-state index contributed by atoms with van der Waals surface area (Å²) in [5.74, 6) is 1.71. The van der Waals surface area contributed by atoms with E-state index in [9.17, 15) is 4.79 Å². The van der Waals surface area contributed by atoms with Gasteiger partial charge in [-0.2, -0.15) is 5.10 Å². The van der Waals surface area contributed by atoms with Crippen LogP contribution >= 0.6 is 0 Å². The Morgan fingerprint density at radius 3 is 2.17 bits per heavy atom. The molecule has 1 aliphatic heterocycles. The minimum Gasteiger partial charge on any atom is -0.497 e. The molecule has 178 valence electrons. The first-order chi connectivity index (χ1) is 17.1. The predicted octanol–water partition coefficient (Wildman–Crippen LogP) is 6.45. The summed E-state index contributed by atoms with van der Waals surface area (Å²) in [5.41, 5.74) is 6.17. The summed E-state index contributed by atoms with van der Waals surface area (Å²) in [4.78, 5) is 13.7. The number of hydrazone groups is 1. The summed E-state index contributed by atoms with van der Waals surface area (Å²) >= 11 is 0. The van der Waals surface area contributed by atoms with E-state index in [-0.39, 0.29) is 17.9 Å². The molecule has 1 heterocycles. The van der Waals surface area contributed by atoms with Gasteiger partial charge < -0.3 is 9.47 Å². The number of benzene rings is 3. The molecular weight excluding hydrogens is 436 g/mol. The standard InChI is InChI=1S/C30H30N2O3/c1-20-7-11-23(12-8-20)30(33)32-29(22-13-17-26(35-3)18-14-22)27-6-4-5-24(28(27)31-32)19-21-9-15-25(34-2)16-10-21/h7-19,27,29H,4-6H2,1-3H3. The number of carbonyl (C=O) groups excluding carboxylic acids is 1. The number of hydrogen-bond acceptors (Lipinski definition) is 4. The maximum Gasteiger partial charge on any atom is 0.274 e. The first kappa shape index (κ1) is 22.9. The van der Waals surface area contributed by atoms with Crippen molar-refractivity contribution in [1.82, 2.24) is 5.01 Å². The molecule has 5 rings (SSSR count). The summed E-state index contributed by atoms with van der Waals surface area (Å²) in [5, 5.41) is 6.70. The summed E-state index contributed by atoms with van der Waals surface area (Å²) in [6, 6.07) is 23.6. The number of carbonyl (C=O) groups is 1. The van der Waals surface area contributed by atoms with E-state index < -0.39 is 0 Å². The first-order valence-electron chi connectivity index (χ1n) is 12.0. The summed E-state index contributed by atoms with van der Waals surface area (Å²) in [6.07, 6.45) is 5.21. The van der Waals surface area contributed by atoms with Gasteiger partial charge in [0.2, 0.25) is 0 Å². The van der Waals surface area contributed by atoms with Gasteiger partial charge in [0.25, 0.3) is 5.91 Å². The van der Waals surface area contributed by atoms with Crippen LogP contribution < -0.4 is 9.47 Å². The Morgan fingerprint density at radius 2 is 1.54 bits per heavy atom. The third-order valence-electron chi connectivity index (χ3n) is 6.92. The molecule has 0 bridgehead atoms. The van der Waals surface area contributed by atoms with Crippen molar-refractivity contribution in [2.45, 2.75) is 32.2 Å². The second-order valence-electron chi connectivity index (χ2n) is 9.16. The SMILES string of the molecule is COc1ccc(C=C2CCCC3C2=NN(C(=O)c2ccc(C)cc2)C3c2ccc(OC)cc2)cc1. The number of ether oxygens (including phenoxy) is 2. The Morgan fingerprint density at radius 1 is 0.914 bits per heavy atom. The molecule has 2 aliphatic rings. The zero-order valence-electron chi connectivity index (χ0n) is 20.4. The topological polar surface area (TPSA) is 51.1 Å². The van der Waals surface area contributed by atoms with Crippen molar-refractivity contribution in [2.75, 3.05) is 14.2 Å². The lowest BCUT2D eigenvalue weighted by molar-refractivity contribution is 0.0681. The Labute approximate surface area is 206 Å². The zero-order chi connectivity index (χ0) is 24.4. The van der Waals surface area contributed by atoms with E-state index in [4.69, 9.17) is 14.6 Å². The molecule has 0 N–H and O–H groups in total. The number of methoxy groups -OCH3 is 2. The molecule has 0 radical (unpaired) electrons. The molecular formula is C30H30N2O3. The van der Waals surface area contributed by atoms with Crippen LogP contribution in [-0.4, -0.2) is 30.8 Å². The van der Waals surface area contributed by atoms with Crippen molar-refractivity contribution in [3.8, 4) is 11.5 Å². The molecule has 2 unspecified atom stereocenters. The molecule has 5 heteroatoms. The van der Waals surface area contributed by atoms with Crippen LogP contribution in [0.3, 0.4) is 0 Å². The number of allylic oxidation sites excluding steroid dienone is 1. The number of fused-ring (bicyclic) bond motifs is 1. The van der Waals surface area contributed by atoms with Gasteiger partial charge in [0.1, 0.15) is 11.5 Å². The summed E-state index contributed by atoms with van der Waals surface area (Å²) in [6.45, 7) is 2.02. The average Bonchev–Trinajstić information content (AvgIpc) is 3.30. The highest BCUT2D eigenvalue weighted by atomic mass is 16.5. The lowest BCUT2D eigenvalue weighted by Gasteiger charge is -2.29. The van der Waals surface area contributed by atoms with Crippen LogP contribution in [0, 0.1) is 12.8 Å². The van der Waals surface area contributed by atoms with Crippen molar-refractivity contribution >= 4 is 17.7 Å². The molecule has 3 aromatic carbocycles. The van der Waals surface area contributed by atoms with E-state index in [2.05, 4.69) is 30.3 Å². The fraction of sp³-hybridized carbons (Fsp3) is 0.267. The number of amides is 1. The molecule has 1 aliphatic carbocycles. The van der Waals surface area contributed by atoms with Crippen molar-refractivity contribution < 1.29 is 14.3 Å². The van der Waals surface area contributed by atoms with Gasteiger partial charge in [-0.15, -0.1) is 0 Å². The van der Waals surface area contributed by atoms with Gasteiger partial charge in [-0.25, -0.2) is 5.01 Å². The van der Waals surface area contributed by atoms with E-state index in [1.54, 1.807) is 19.2 Å². The number of aryl methyl sites for hydroxylation is 1. The lowest BCUT2D eigenvalue weighted by atomic mass is 9.77. The van der Waals surface area contributed by atoms with E-state index in [0.29, 0.717) is 5.56 Å². The summed E-state index contributed by atoms with van der Waals surface area (Å²) < 4.78 is 10.7. The zero-order valence-corrected chi connectivity index (χ0v) is 20.4. The molecule has 3 aromatic rings. The van der Waals surface area contributed by atoms with Crippen LogP contribution in [0.25, 0.3) is 6.08 Å². The van der Waals surface area contributed by atoms with Gasteiger partial charge in [0, 0.05) is 11.5 Å². The molecule has 0 saturated heterocycles. The fourth-order valence-electron chi connectivity index (χ4n) is 5.03. The second-order valence-corrected chi connectivity index (χ2v) is 9.16. The Balaban J connectivity index is 1.55. The fourth-order valence-corrected chi connectivity index (χ4v) is 5.03. The Hall–Kier alpha value is -3.86. The van der Waals surface area contributed by atoms with Gasteiger partial charge in [-0.1, -0.05) is 42.0 Å². The predicted molar refractivity (Wildman–Crippen MR) is 139 cm³/mol. The van der Waals surface area contributed by atoms with Crippen LogP contribution in [-0.2, 0) is 0 Å². The molecule has 0 aromatic heterocycles. The summed E-state index contributed by atoms with van der Waals surface area (Å²) in [7, 11) is 3.34. The van der Waals surface area contributed by atoms with Crippen LogP contribution in [0.2, 0.25) is 0 Å². The maximum atomic E-state index is 13.7. The Kier molecular flexibility index (Phi) is 6.41. The average molecular weight is 467 g/mol. The van der Waals surface area contributed by atoms with Gasteiger partial charge in [-0.3, -0.25) is 4.79 Å². The third kappa shape index (κ3) is 4.59. The number of rotatable bonds is 5. The van der Waals surface area contributed by atoms with Crippen molar-refractivity contribution in [3.63, 3.8) is 0 Å². The molecule has 35 heavy (non-hydrogen) atoms. The van der Waals surface area contributed by atoms with Crippen LogP contribution in [0.15, 0.2) is 83.5 Å². The van der Waals surface area contributed by atoms with Crippen LogP contribution in [0.1, 0.15) is 52.4 Å². The highest BCUT2D eigenvalue weighted by Crippen LogP contribution is 2.45. The minimum absolute atomic E-state index is 0.0727. The molecule has 5 nitrogen and oxygen atoms in total. The molecule has 1 saturated carbocycles. The highest BCUT2D eigenvalue weighted by Gasteiger charge is 2.43. The number of hydrogen-bond donors (Lipinski definition) is 0. The van der Waals surface area contributed by atoms with Crippen LogP contribution in [0.5, 0.6) is 11.5 Å². The van der Waals surface area contributed by atoms with Crippen molar-refractivity contribution in [1.29, 1.82) is 0 Å². The normalized spacial score (nSPS) is 20.4. The molecule has 1 fully saturated rings. The third-order valence-corrected chi connectivity index (χ3v) is 6.92. The van der Waals surface area contributed by atoms with Crippen LogP contribution in [0.4, 0.5) is 0 Å². The van der Waals surface area contributed by atoms with Gasteiger partial charge in [0.15, 0.2) is 0 Å². The van der Waals surface area contributed by atoms with E-state index in [1.165, 1.54) is 5.57 Å². The highest BCUT2D eigenvalue weighted by molar-refractivity contribution is 6.09. The Bertz CT molecular complexity index is 1260. The van der Waals surface area contributed by atoms with Gasteiger partial charge in [-0.05, 0) is 85.4 Å². The monoisotopic (exact) mass is 466 g/mol. The molecule has 2 atom stereocenters. The van der Waals surface area contributed by atoms with E-state index in [0.717, 1.165) is 53.2 Å². The molecule has 0 spiro atoms. The maximum absolute atomic E-state index is 13.7. The van der Waals surface area contributed by atoms with Crippen molar-refractivity contribution in [2.24, 2.45) is 11.0 Å². The van der Waals surface area contributed by atoms with Gasteiger partial charge in [0.05, 0.1) is 26.0 Å². The molecule has 1 amide bonds. The number of nitrogens with zero attached hydrogens (tertiary/aromatic N) is 2. The first-order valence-corrected chi connectivity index (χ1v) is 12.0.